The third-order valence-corrected chi connectivity index (χ3v) is 3.19. The lowest BCUT2D eigenvalue weighted by molar-refractivity contribution is 0.637. The summed E-state index contributed by atoms with van der Waals surface area (Å²) in [5.74, 6) is 0. The SMILES string of the molecule is CCCCNCc1cc2c([nH]c1=O)CCC2. The number of aromatic nitrogens is 1. The molecule has 0 spiro atoms. The van der Waals surface area contributed by atoms with Gasteiger partial charge in [-0.05, 0) is 43.9 Å². The Hall–Kier alpha value is -1.09. The molecule has 1 aromatic rings. The van der Waals surface area contributed by atoms with Gasteiger partial charge in [0.1, 0.15) is 0 Å². The first kappa shape index (κ1) is 11.4. The molecule has 3 nitrogen and oxygen atoms in total. The van der Waals surface area contributed by atoms with E-state index in [4.69, 9.17) is 0 Å². The quantitative estimate of drug-likeness (QED) is 0.743. The van der Waals surface area contributed by atoms with Gasteiger partial charge in [-0.2, -0.15) is 0 Å². The Bertz CT molecular complexity index is 409. The number of hydrogen-bond acceptors (Lipinski definition) is 2. The highest BCUT2D eigenvalue weighted by Crippen LogP contribution is 2.18. The van der Waals surface area contributed by atoms with Crippen LogP contribution in [-0.4, -0.2) is 11.5 Å². The number of fused-ring (bicyclic) bond motifs is 1. The molecular weight excluding hydrogens is 200 g/mol. The van der Waals surface area contributed by atoms with E-state index < -0.39 is 0 Å². The van der Waals surface area contributed by atoms with Crippen LogP contribution in [0.25, 0.3) is 0 Å². The van der Waals surface area contributed by atoms with Crippen molar-refractivity contribution in [1.82, 2.24) is 10.3 Å². The average Bonchev–Trinajstić information content (AvgIpc) is 2.71. The Morgan fingerprint density at radius 3 is 3.12 bits per heavy atom. The number of rotatable bonds is 5. The molecule has 0 saturated heterocycles. The summed E-state index contributed by atoms with van der Waals surface area (Å²) in [6.45, 7) is 3.86. The van der Waals surface area contributed by atoms with Crippen LogP contribution in [0.15, 0.2) is 10.9 Å². The lowest BCUT2D eigenvalue weighted by Crippen LogP contribution is -2.22. The smallest absolute Gasteiger partial charge is 0.252 e. The molecule has 0 aromatic carbocycles. The molecule has 0 radical (unpaired) electrons. The standard InChI is InChI=1S/C13H20N2O/c1-2-3-7-14-9-11-8-10-5-4-6-12(10)15-13(11)16/h8,14H,2-7,9H2,1H3,(H,15,16). The molecule has 16 heavy (non-hydrogen) atoms. The van der Waals surface area contributed by atoms with E-state index in [1.807, 2.05) is 0 Å². The first-order valence-electron chi connectivity index (χ1n) is 6.26. The fraction of sp³-hybridized carbons (Fsp3) is 0.615. The maximum absolute atomic E-state index is 11.7. The van der Waals surface area contributed by atoms with Gasteiger partial charge in [-0.3, -0.25) is 4.79 Å². The summed E-state index contributed by atoms with van der Waals surface area (Å²) in [7, 11) is 0. The number of unbranched alkanes of at least 4 members (excludes halogenated alkanes) is 1. The van der Waals surface area contributed by atoms with Crippen molar-refractivity contribution in [1.29, 1.82) is 0 Å². The monoisotopic (exact) mass is 220 g/mol. The van der Waals surface area contributed by atoms with E-state index in [0.717, 1.165) is 30.6 Å². The van der Waals surface area contributed by atoms with Crippen molar-refractivity contribution in [3.8, 4) is 0 Å². The minimum atomic E-state index is 0.0876. The third-order valence-electron chi connectivity index (χ3n) is 3.19. The molecule has 0 unspecified atom stereocenters. The van der Waals surface area contributed by atoms with Gasteiger partial charge in [-0.25, -0.2) is 0 Å². The van der Waals surface area contributed by atoms with Crippen LogP contribution in [-0.2, 0) is 19.4 Å². The van der Waals surface area contributed by atoms with Crippen LogP contribution in [0.1, 0.15) is 43.0 Å². The fourth-order valence-electron chi connectivity index (χ4n) is 2.22. The van der Waals surface area contributed by atoms with Crippen molar-refractivity contribution in [2.24, 2.45) is 0 Å². The minimum Gasteiger partial charge on any atom is -0.326 e. The van der Waals surface area contributed by atoms with E-state index in [1.165, 1.54) is 24.8 Å². The van der Waals surface area contributed by atoms with Crippen molar-refractivity contribution in [2.75, 3.05) is 6.54 Å². The fourth-order valence-corrected chi connectivity index (χ4v) is 2.22. The zero-order valence-corrected chi connectivity index (χ0v) is 9.94. The average molecular weight is 220 g/mol. The molecule has 88 valence electrons. The number of H-pyrrole nitrogens is 1. The lowest BCUT2D eigenvalue weighted by atomic mass is 10.1. The van der Waals surface area contributed by atoms with Crippen LogP contribution in [0, 0.1) is 0 Å². The normalized spacial score (nSPS) is 14.1. The summed E-state index contributed by atoms with van der Waals surface area (Å²) in [6.07, 6.45) is 5.69. The highest BCUT2D eigenvalue weighted by Gasteiger charge is 2.13. The van der Waals surface area contributed by atoms with Gasteiger partial charge in [0.15, 0.2) is 0 Å². The van der Waals surface area contributed by atoms with Crippen molar-refractivity contribution in [3.05, 3.63) is 33.2 Å². The Morgan fingerprint density at radius 2 is 2.31 bits per heavy atom. The number of aromatic amines is 1. The van der Waals surface area contributed by atoms with Crippen molar-refractivity contribution in [2.45, 2.75) is 45.6 Å². The summed E-state index contributed by atoms with van der Waals surface area (Å²) >= 11 is 0. The van der Waals surface area contributed by atoms with Gasteiger partial charge in [0.2, 0.25) is 0 Å². The summed E-state index contributed by atoms with van der Waals surface area (Å²) in [5.41, 5.74) is 3.47. The third kappa shape index (κ3) is 2.53. The van der Waals surface area contributed by atoms with Crippen molar-refractivity contribution in [3.63, 3.8) is 0 Å². The molecule has 0 fully saturated rings. The second-order valence-corrected chi connectivity index (χ2v) is 4.51. The second kappa shape index (κ2) is 5.30. The summed E-state index contributed by atoms with van der Waals surface area (Å²) in [4.78, 5) is 14.7. The van der Waals surface area contributed by atoms with Gasteiger partial charge in [0, 0.05) is 17.8 Å². The van der Waals surface area contributed by atoms with Gasteiger partial charge in [0.25, 0.3) is 5.56 Å². The predicted molar refractivity (Wildman–Crippen MR) is 65.7 cm³/mol. The van der Waals surface area contributed by atoms with E-state index in [-0.39, 0.29) is 5.56 Å². The molecule has 0 atom stereocenters. The molecule has 1 aromatic heterocycles. The zero-order valence-electron chi connectivity index (χ0n) is 9.94. The molecule has 2 rings (SSSR count). The van der Waals surface area contributed by atoms with Gasteiger partial charge < -0.3 is 10.3 Å². The summed E-state index contributed by atoms with van der Waals surface area (Å²) in [5, 5.41) is 3.31. The largest absolute Gasteiger partial charge is 0.326 e. The molecular formula is C13H20N2O. The second-order valence-electron chi connectivity index (χ2n) is 4.51. The van der Waals surface area contributed by atoms with Gasteiger partial charge in [-0.15, -0.1) is 0 Å². The van der Waals surface area contributed by atoms with E-state index in [0.29, 0.717) is 6.54 Å². The molecule has 1 heterocycles. The van der Waals surface area contributed by atoms with Crippen LogP contribution in [0.3, 0.4) is 0 Å². The Balaban J connectivity index is 2.01. The molecule has 2 N–H and O–H groups in total. The lowest BCUT2D eigenvalue weighted by Gasteiger charge is -2.05. The molecule has 0 bridgehead atoms. The maximum Gasteiger partial charge on any atom is 0.252 e. The molecule has 0 aliphatic heterocycles. The molecule has 3 heteroatoms. The Labute approximate surface area is 96.3 Å². The van der Waals surface area contributed by atoms with Gasteiger partial charge in [0.05, 0.1) is 0 Å². The molecule has 0 saturated carbocycles. The zero-order chi connectivity index (χ0) is 11.4. The number of aryl methyl sites for hydroxylation is 2. The van der Waals surface area contributed by atoms with Gasteiger partial charge in [-0.1, -0.05) is 13.3 Å². The Kier molecular flexibility index (Phi) is 3.78. The number of hydrogen-bond donors (Lipinski definition) is 2. The summed E-state index contributed by atoms with van der Waals surface area (Å²) in [6, 6.07) is 2.08. The summed E-state index contributed by atoms with van der Waals surface area (Å²) < 4.78 is 0. The highest BCUT2D eigenvalue weighted by molar-refractivity contribution is 5.28. The van der Waals surface area contributed by atoms with Crippen LogP contribution < -0.4 is 10.9 Å². The van der Waals surface area contributed by atoms with Crippen LogP contribution in [0.2, 0.25) is 0 Å². The molecule has 1 aliphatic carbocycles. The predicted octanol–water partition coefficient (Wildman–Crippen LogP) is 1.75. The topological polar surface area (TPSA) is 44.9 Å². The first-order valence-corrected chi connectivity index (χ1v) is 6.26. The van der Waals surface area contributed by atoms with Crippen molar-refractivity contribution < 1.29 is 0 Å². The first-order chi connectivity index (χ1) is 7.81. The van der Waals surface area contributed by atoms with Crippen LogP contribution >= 0.6 is 0 Å². The van der Waals surface area contributed by atoms with E-state index in [1.54, 1.807) is 0 Å². The minimum absolute atomic E-state index is 0.0876. The van der Waals surface area contributed by atoms with Crippen molar-refractivity contribution >= 4 is 0 Å². The number of nitrogens with one attached hydrogen (secondary N) is 2. The van der Waals surface area contributed by atoms with Crippen LogP contribution in [0.4, 0.5) is 0 Å². The van der Waals surface area contributed by atoms with Gasteiger partial charge >= 0.3 is 0 Å². The van der Waals surface area contributed by atoms with E-state index >= 15 is 0 Å². The highest BCUT2D eigenvalue weighted by atomic mass is 16.1. The van der Waals surface area contributed by atoms with Crippen LogP contribution in [0.5, 0.6) is 0 Å². The molecule has 0 amide bonds. The maximum atomic E-state index is 11.7. The Morgan fingerprint density at radius 1 is 1.44 bits per heavy atom. The van der Waals surface area contributed by atoms with E-state index in [2.05, 4.69) is 23.3 Å². The number of pyridine rings is 1. The molecule has 1 aliphatic rings. The van der Waals surface area contributed by atoms with E-state index in [9.17, 15) is 4.79 Å².